The molecule has 18 heavy (non-hydrogen) atoms. The largest absolute Gasteiger partial charge is 0.398 e. The Hall–Kier alpha value is -0.820. The highest BCUT2D eigenvalue weighted by atomic mass is 35.5. The summed E-state index contributed by atoms with van der Waals surface area (Å²) in [7, 11) is -2.13. The van der Waals surface area contributed by atoms with Crippen molar-refractivity contribution >= 4 is 27.3 Å². The molecule has 5 nitrogen and oxygen atoms in total. The lowest BCUT2D eigenvalue weighted by Gasteiger charge is -2.18. The number of nitrogens with zero attached hydrogens (tertiary/aromatic N) is 1. The third kappa shape index (κ3) is 3.58. The van der Waals surface area contributed by atoms with Crippen LogP contribution in [0, 0.1) is 0 Å². The van der Waals surface area contributed by atoms with Gasteiger partial charge in [-0.1, -0.05) is 11.6 Å². The number of hydrogen-bond donors (Lipinski definition) is 2. The highest BCUT2D eigenvalue weighted by molar-refractivity contribution is 7.89. The van der Waals surface area contributed by atoms with E-state index in [1.54, 1.807) is 6.92 Å². The van der Waals surface area contributed by atoms with Gasteiger partial charge in [-0.2, -0.15) is 0 Å². The lowest BCUT2D eigenvalue weighted by Crippen LogP contribution is -2.29. The van der Waals surface area contributed by atoms with E-state index in [-0.39, 0.29) is 16.5 Å². The summed E-state index contributed by atoms with van der Waals surface area (Å²) in [6, 6.07) is 4.19. The van der Waals surface area contributed by atoms with E-state index in [1.165, 1.54) is 29.6 Å². The topological polar surface area (TPSA) is 83.6 Å². The third-order valence-electron chi connectivity index (χ3n) is 2.54. The number of halogens is 1. The zero-order valence-electron chi connectivity index (χ0n) is 10.3. The molecule has 0 heterocycles. The minimum atomic E-state index is -3.59. The van der Waals surface area contributed by atoms with E-state index in [1.807, 2.05) is 0 Å². The number of aliphatic hydroxyl groups is 1. The van der Waals surface area contributed by atoms with Crippen molar-refractivity contribution in [3.05, 3.63) is 23.2 Å². The van der Waals surface area contributed by atoms with E-state index in [0.29, 0.717) is 12.1 Å². The van der Waals surface area contributed by atoms with E-state index in [2.05, 4.69) is 0 Å². The number of anilines is 1. The molecule has 0 spiro atoms. The first kappa shape index (κ1) is 15.2. The second-order valence-corrected chi connectivity index (χ2v) is 6.60. The Labute approximate surface area is 112 Å². The Balaban J connectivity index is 2.95. The summed E-state index contributed by atoms with van der Waals surface area (Å²) >= 11 is 5.80. The monoisotopic (exact) mass is 292 g/mol. The van der Waals surface area contributed by atoms with Crippen molar-refractivity contribution in [2.45, 2.75) is 24.3 Å². The Morgan fingerprint density at radius 1 is 1.50 bits per heavy atom. The van der Waals surface area contributed by atoms with Crippen molar-refractivity contribution in [3.8, 4) is 0 Å². The average Bonchev–Trinajstić information content (AvgIpc) is 2.29. The molecule has 3 N–H and O–H groups in total. The van der Waals surface area contributed by atoms with E-state index >= 15 is 0 Å². The van der Waals surface area contributed by atoms with Gasteiger partial charge in [0.25, 0.3) is 0 Å². The summed E-state index contributed by atoms with van der Waals surface area (Å²) in [5.41, 5.74) is 5.87. The van der Waals surface area contributed by atoms with Crippen molar-refractivity contribution < 1.29 is 13.5 Å². The molecule has 1 rings (SSSR count). The number of benzene rings is 1. The van der Waals surface area contributed by atoms with Gasteiger partial charge >= 0.3 is 0 Å². The highest BCUT2D eigenvalue weighted by Crippen LogP contribution is 2.24. The molecule has 1 atom stereocenters. The summed E-state index contributed by atoms with van der Waals surface area (Å²) in [4.78, 5) is 0.0924. The Bertz CT molecular complexity index is 517. The number of aliphatic hydroxyl groups excluding tert-OH is 1. The van der Waals surface area contributed by atoms with Crippen molar-refractivity contribution in [1.29, 1.82) is 0 Å². The standard InChI is InChI=1S/C11H17ClN2O3S/c1-8(15)5-6-14(2)18(16,17)9-3-4-11(13)10(12)7-9/h3-4,7-8,15H,5-6,13H2,1-2H3. The number of nitrogens with two attached hydrogens (primary N) is 1. The van der Waals surface area contributed by atoms with Gasteiger partial charge in [0.15, 0.2) is 0 Å². The minimum absolute atomic E-state index is 0.0924. The fourth-order valence-corrected chi connectivity index (χ4v) is 2.79. The number of nitrogen functional groups attached to an aromatic ring is 1. The fraction of sp³-hybridized carbons (Fsp3) is 0.455. The summed E-state index contributed by atoms with van der Waals surface area (Å²) < 4.78 is 25.5. The predicted molar refractivity (Wildman–Crippen MR) is 72.0 cm³/mol. The zero-order chi connectivity index (χ0) is 13.9. The third-order valence-corrected chi connectivity index (χ3v) is 4.72. The highest BCUT2D eigenvalue weighted by Gasteiger charge is 2.21. The number of rotatable bonds is 5. The van der Waals surface area contributed by atoms with Crippen LogP contribution in [0.3, 0.4) is 0 Å². The molecule has 0 saturated heterocycles. The van der Waals surface area contributed by atoms with Gasteiger partial charge in [-0.25, -0.2) is 12.7 Å². The van der Waals surface area contributed by atoms with Gasteiger partial charge in [-0.05, 0) is 31.5 Å². The molecule has 0 saturated carbocycles. The van der Waals surface area contributed by atoms with Crippen LogP contribution in [0.4, 0.5) is 5.69 Å². The first-order valence-corrected chi connectivity index (χ1v) is 7.26. The van der Waals surface area contributed by atoms with Crippen LogP contribution < -0.4 is 5.73 Å². The van der Waals surface area contributed by atoms with Crippen molar-refractivity contribution in [2.24, 2.45) is 0 Å². The summed E-state index contributed by atoms with van der Waals surface area (Å²) in [6.07, 6.45) is -0.170. The van der Waals surface area contributed by atoms with Crippen molar-refractivity contribution in [1.82, 2.24) is 4.31 Å². The van der Waals surface area contributed by atoms with Crippen LogP contribution in [0.5, 0.6) is 0 Å². The maximum absolute atomic E-state index is 12.2. The van der Waals surface area contributed by atoms with E-state index in [9.17, 15) is 8.42 Å². The minimum Gasteiger partial charge on any atom is -0.398 e. The van der Waals surface area contributed by atoms with Gasteiger partial charge in [0.05, 0.1) is 21.7 Å². The molecule has 0 aliphatic heterocycles. The molecule has 0 radical (unpaired) electrons. The molecule has 0 amide bonds. The lowest BCUT2D eigenvalue weighted by atomic mass is 10.3. The Morgan fingerprint density at radius 3 is 2.61 bits per heavy atom. The van der Waals surface area contributed by atoms with Crippen molar-refractivity contribution in [2.75, 3.05) is 19.3 Å². The average molecular weight is 293 g/mol. The van der Waals surface area contributed by atoms with Gasteiger partial charge in [0.1, 0.15) is 0 Å². The van der Waals surface area contributed by atoms with Crippen LogP contribution in [-0.2, 0) is 10.0 Å². The van der Waals surface area contributed by atoms with Crippen LogP contribution in [0.15, 0.2) is 23.1 Å². The van der Waals surface area contributed by atoms with Crippen LogP contribution in [-0.4, -0.2) is 37.5 Å². The Kier molecular flexibility index (Phi) is 4.98. The summed E-state index contributed by atoms with van der Waals surface area (Å²) in [6.45, 7) is 1.85. The molecule has 0 aromatic heterocycles. The molecule has 0 aliphatic carbocycles. The van der Waals surface area contributed by atoms with Gasteiger partial charge in [0.2, 0.25) is 10.0 Å². The molecule has 1 aromatic rings. The predicted octanol–water partition coefficient (Wildman–Crippen LogP) is 1.31. The first-order valence-electron chi connectivity index (χ1n) is 5.44. The van der Waals surface area contributed by atoms with Gasteiger partial charge in [-0.15, -0.1) is 0 Å². The molecule has 0 fully saturated rings. The molecule has 1 unspecified atom stereocenters. The maximum Gasteiger partial charge on any atom is 0.242 e. The van der Waals surface area contributed by atoms with E-state index in [0.717, 1.165) is 0 Å². The zero-order valence-corrected chi connectivity index (χ0v) is 11.9. The molecule has 7 heteroatoms. The lowest BCUT2D eigenvalue weighted by molar-refractivity contribution is 0.177. The second-order valence-electron chi connectivity index (χ2n) is 4.15. The van der Waals surface area contributed by atoms with Gasteiger partial charge in [0, 0.05) is 13.6 Å². The van der Waals surface area contributed by atoms with Crippen LogP contribution in [0.25, 0.3) is 0 Å². The van der Waals surface area contributed by atoms with Gasteiger partial charge < -0.3 is 10.8 Å². The normalized spacial score (nSPS) is 13.8. The number of hydrogen-bond acceptors (Lipinski definition) is 4. The first-order chi connectivity index (χ1) is 8.25. The van der Waals surface area contributed by atoms with Crippen molar-refractivity contribution in [3.63, 3.8) is 0 Å². The fourth-order valence-electron chi connectivity index (χ4n) is 1.34. The second kappa shape index (κ2) is 5.88. The van der Waals surface area contributed by atoms with Gasteiger partial charge in [-0.3, -0.25) is 0 Å². The summed E-state index contributed by atoms with van der Waals surface area (Å²) in [5.74, 6) is 0. The number of sulfonamides is 1. The van der Waals surface area contributed by atoms with E-state index in [4.69, 9.17) is 22.4 Å². The molecule has 0 bridgehead atoms. The summed E-state index contributed by atoms with van der Waals surface area (Å²) in [5, 5.41) is 9.37. The quantitative estimate of drug-likeness (QED) is 0.802. The van der Waals surface area contributed by atoms with E-state index < -0.39 is 16.1 Å². The maximum atomic E-state index is 12.2. The van der Waals surface area contributed by atoms with Crippen LogP contribution in [0.1, 0.15) is 13.3 Å². The molecular formula is C11H17ClN2O3S. The molecular weight excluding hydrogens is 276 g/mol. The Morgan fingerprint density at radius 2 is 2.11 bits per heavy atom. The molecule has 102 valence electrons. The smallest absolute Gasteiger partial charge is 0.242 e. The molecule has 1 aromatic carbocycles. The SMILES string of the molecule is CC(O)CCN(C)S(=O)(=O)c1ccc(N)c(Cl)c1. The van der Waals surface area contributed by atoms with Crippen LogP contribution in [0.2, 0.25) is 5.02 Å². The van der Waals surface area contributed by atoms with Crippen LogP contribution >= 0.6 is 11.6 Å². The molecule has 0 aliphatic rings.